The van der Waals surface area contributed by atoms with Gasteiger partial charge < -0.3 is 14.7 Å². The van der Waals surface area contributed by atoms with Crippen molar-refractivity contribution < 1.29 is 9.59 Å². The molecule has 0 saturated carbocycles. The number of benzene rings is 1. The van der Waals surface area contributed by atoms with Crippen molar-refractivity contribution in [1.82, 2.24) is 14.7 Å². The number of rotatable bonds is 6. The first kappa shape index (κ1) is 21.8. The first-order valence-corrected chi connectivity index (χ1v) is 11.2. The van der Waals surface area contributed by atoms with Gasteiger partial charge in [-0.25, -0.2) is 0 Å². The molecule has 29 heavy (non-hydrogen) atoms. The average molecular weight is 400 g/mol. The van der Waals surface area contributed by atoms with Crippen LogP contribution in [0.2, 0.25) is 0 Å². The van der Waals surface area contributed by atoms with E-state index in [-0.39, 0.29) is 17.2 Å². The number of carbonyl (C=O) groups excluding carboxylic acids is 2. The lowest BCUT2D eigenvalue weighted by Crippen LogP contribution is -2.51. The summed E-state index contributed by atoms with van der Waals surface area (Å²) in [6.45, 7) is 12.5. The van der Waals surface area contributed by atoms with E-state index in [1.165, 1.54) is 24.0 Å². The van der Waals surface area contributed by atoms with Gasteiger partial charge in [0, 0.05) is 45.6 Å². The number of carbonyl (C=O) groups is 2. The van der Waals surface area contributed by atoms with Crippen molar-refractivity contribution in [3.8, 4) is 0 Å². The number of amides is 2. The van der Waals surface area contributed by atoms with Crippen LogP contribution in [0.4, 0.5) is 0 Å². The van der Waals surface area contributed by atoms with Crippen molar-refractivity contribution in [3.05, 3.63) is 35.4 Å². The summed E-state index contributed by atoms with van der Waals surface area (Å²) in [4.78, 5) is 31.3. The van der Waals surface area contributed by atoms with E-state index in [9.17, 15) is 9.59 Å². The first-order valence-electron chi connectivity index (χ1n) is 11.2. The zero-order valence-corrected chi connectivity index (χ0v) is 18.5. The number of hydrogen-bond donors (Lipinski definition) is 0. The van der Waals surface area contributed by atoms with Gasteiger partial charge in [-0.05, 0) is 48.9 Å². The highest BCUT2D eigenvalue weighted by Crippen LogP contribution is 2.22. The molecule has 5 nitrogen and oxygen atoms in total. The molecule has 0 aromatic heterocycles. The highest BCUT2D eigenvalue weighted by Gasteiger charge is 2.24. The van der Waals surface area contributed by atoms with Gasteiger partial charge in [-0.1, -0.05) is 45.0 Å². The van der Waals surface area contributed by atoms with Gasteiger partial charge in [-0.3, -0.25) is 9.59 Å². The van der Waals surface area contributed by atoms with E-state index in [1.54, 1.807) is 0 Å². The Labute approximate surface area is 176 Å². The molecule has 0 aliphatic carbocycles. The minimum atomic E-state index is 0.153. The standard InChI is InChI=1S/C24H37N3O2/c1-24(2,3)21-9-6-20(7-10-21)8-11-22(28)26-16-18-27(19-17-26)23(29)12-15-25-13-4-5-14-25/h6-7,9-10H,4-5,8,11-19H2,1-3H3. The van der Waals surface area contributed by atoms with Crippen LogP contribution in [0, 0.1) is 0 Å². The zero-order chi connectivity index (χ0) is 20.9. The molecule has 5 heteroatoms. The summed E-state index contributed by atoms with van der Waals surface area (Å²) >= 11 is 0. The third-order valence-electron chi connectivity index (χ3n) is 6.27. The van der Waals surface area contributed by atoms with Gasteiger partial charge in [0.05, 0.1) is 0 Å². The molecule has 2 aliphatic rings. The Kier molecular flexibility index (Phi) is 7.33. The molecule has 0 radical (unpaired) electrons. The van der Waals surface area contributed by atoms with E-state index in [0.717, 1.165) is 26.1 Å². The van der Waals surface area contributed by atoms with Crippen molar-refractivity contribution >= 4 is 11.8 Å². The average Bonchev–Trinajstić information content (AvgIpc) is 3.23. The maximum absolute atomic E-state index is 12.6. The molecule has 3 rings (SSSR count). The van der Waals surface area contributed by atoms with Crippen LogP contribution in [-0.2, 0) is 21.4 Å². The Balaban J connectivity index is 1.37. The quantitative estimate of drug-likeness (QED) is 0.738. The van der Waals surface area contributed by atoms with E-state index in [2.05, 4.69) is 49.9 Å². The molecule has 2 amide bonds. The van der Waals surface area contributed by atoms with Crippen LogP contribution in [0.3, 0.4) is 0 Å². The first-order chi connectivity index (χ1) is 13.8. The molecule has 0 atom stereocenters. The molecule has 0 N–H and O–H groups in total. The third-order valence-corrected chi connectivity index (χ3v) is 6.27. The fourth-order valence-electron chi connectivity index (χ4n) is 4.20. The summed E-state index contributed by atoms with van der Waals surface area (Å²) < 4.78 is 0. The van der Waals surface area contributed by atoms with Crippen LogP contribution in [-0.4, -0.2) is 72.3 Å². The molecule has 1 aromatic rings. The lowest BCUT2D eigenvalue weighted by molar-refractivity contribution is -0.139. The lowest BCUT2D eigenvalue weighted by atomic mass is 9.86. The SMILES string of the molecule is CC(C)(C)c1ccc(CCC(=O)N2CCN(C(=O)CCN3CCCC3)CC2)cc1. The Morgan fingerprint density at radius 3 is 1.83 bits per heavy atom. The van der Waals surface area contributed by atoms with Crippen LogP contribution in [0.15, 0.2) is 24.3 Å². The number of piperazine rings is 1. The number of nitrogens with zero attached hydrogens (tertiary/aromatic N) is 3. The van der Waals surface area contributed by atoms with Crippen molar-refractivity contribution in [2.45, 2.75) is 58.3 Å². The Morgan fingerprint density at radius 1 is 0.793 bits per heavy atom. The van der Waals surface area contributed by atoms with Gasteiger partial charge in [-0.15, -0.1) is 0 Å². The van der Waals surface area contributed by atoms with E-state index in [1.807, 2.05) is 9.80 Å². The lowest BCUT2D eigenvalue weighted by Gasteiger charge is -2.35. The monoisotopic (exact) mass is 399 g/mol. The normalized spacial score (nSPS) is 18.3. The second kappa shape index (κ2) is 9.75. The summed E-state index contributed by atoms with van der Waals surface area (Å²) in [6, 6.07) is 8.63. The molecule has 160 valence electrons. The summed E-state index contributed by atoms with van der Waals surface area (Å²) in [7, 11) is 0. The van der Waals surface area contributed by atoms with Crippen molar-refractivity contribution in [1.29, 1.82) is 0 Å². The molecule has 2 aliphatic heterocycles. The highest BCUT2D eigenvalue weighted by molar-refractivity contribution is 5.78. The summed E-state index contributed by atoms with van der Waals surface area (Å²) in [5.41, 5.74) is 2.68. The van der Waals surface area contributed by atoms with Gasteiger partial charge in [0.25, 0.3) is 0 Å². The molecular weight excluding hydrogens is 362 g/mol. The Bertz CT molecular complexity index is 679. The summed E-state index contributed by atoms with van der Waals surface area (Å²) in [5.74, 6) is 0.442. The summed E-state index contributed by atoms with van der Waals surface area (Å²) in [5, 5.41) is 0. The molecule has 2 heterocycles. The summed E-state index contributed by atoms with van der Waals surface area (Å²) in [6.07, 6.45) is 4.44. The Morgan fingerprint density at radius 2 is 1.31 bits per heavy atom. The fraction of sp³-hybridized carbons (Fsp3) is 0.667. The Hall–Kier alpha value is -1.88. The van der Waals surface area contributed by atoms with Crippen LogP contribution in [0.5, 0.6) is 0 Å². The second-order valence-corrected chi connectivity index (χ2v) is 9.51. The van der Waals surface area contributed by atoms with E-state index in [4.69, 9.17) is 0 Å². The highest BCUT2D eigenvalue weighted by atomic mass is 16.2. The molecule has 2 saturated heterocycles. The van der Waals surface area contributed by atoms with Gasteiger partial charge >= 0.3 is 0 Å². The topological polar surface area (TPSA) is 43.9 Å². The maximum atomic E-state index is 12.6. The van der Waals surface area contributed by atoms with Crippen molar-refractivity contribution in [2.24, 2.45) is 0 Å². The third kappa shape index (κ3) is 6.30. The van der Waals surface area contributed by atoms with Crippen LogP contribution >= 0.6 is 0 Å². The van der Waals surface area contributed by atoms with Crippen molar-refractivity contribution in [3.63, 3.8) is 0 Å². The number of hydrogen-bond acceptors (Lipinski definition) is 3. The van der Waals surface area contributed by atoms with Gasteiger partial charge in [0.15, 0.2) is 0 Å². The van der Waals surface area contributed by atoms with E-state index < -0.39 is 0 Å². The van der Waals surface area contributed by atoms with Crippen LogP contribution in [0.1, 0.15) is 57.6 Å². The number of likely N-dealkylation sites (tertiary alicyclic amines) is 1. The molecule has 0 unspecified atom stereocenters. The number of aryl methyl sites for hydroxylation is 1. The van der Waals surface area contributed by atoms with E-state index >= 15 is 0 Å². The molecule has 1 aromatic carbocycles. The van der Waals surface area contributed by atoms with Crippen LogP contribution in [0.25, 0.3) is 0 Å². The molecular formula is C24H37N3O2. The molecule has 0 spiro atoms. The maximum Gasteiger partial charge on any atom is 0.223 e. The minimum Gasteiger partial charge on any atom is -0.339 e. The smallest absolute Gasteiger partial charge is 0.223 e. The minimum absolute atomic E-state index is 0.153. The predicted octanol–water partition coefficient (Wildman–Crippen LogP) is 3.07. The van der Waals surface area contributed by atoms with E-state index in [0.29, 0.717) is 39.0 Å². The predicted molar refractivity (Wildman–Crippen MR) is 117 cm³/mol. The fourth-order valence-corrected chi connectivity index (χ4v) is 4.20. The van der Waals surface area contributed by atoms with Gasteiger partial charge in [-0.2, -0.15) is 0 Å². The zero-order valence-electron chi connectivity index (χ0n) is 18.5. The van der Waals surface area contributed by atoms with Crippen molar-refractivity contribution in [2.75, 3.05) is 45.8 Å². The second-order valence-electron chi connectivity index (χ2n) is 9.51. The van der Waals surface area contributed by atoms with Gasteiger partial charge in [0.1, 0.15) is 0 Å². The van der Waals surface area contributed by atoms with Crippen LogP contribution < -0.4 is 0 Å². The largest absolute Gasteiger partial charge is 0.339 e. The molecule has 2 fully saturated rings. The molecule has 0 bridgehead atoms. The van der Waals surface area contributed by atoms with Gasteiger partial charge in [0.2, 0.25) is 11.8 Å².